The second-order valence-electron chi connectivity index (χ2n) is 4.80. The Kier molecular flexibility index (Phi) is 6.54. The molecule has 2 heteroatoms. The molecule has 1 N–H and O–H groups in total. The lowest BCUT2D eigenvalue weighted by Crippen LogP contribution is -1.97. The van der Waals surface area contributed by atoms with Gasteiger partial charge in [-0.1, -0.05) is 54.3 Å². The summed E-state index contributed by atoms with van der Waals surface area (Å²) in [6, 6.07) is 18.4. The molecular weight excluding hydrogens is 260 g/mol. The molecule has 0 aromatic heterocycles. The SMILES string of the molecule is OCC#Cc1cccc(COCCCc2ccccc2)c1. The number of benzene rings is 2. The van der Waals surface area contributed by atoms with Gasteiger partial charge >= 0.3 is 0 Å². The predicted molar refractivity (Wildman–Crippen MR) is 84.8 cm³/mol. The first-order valence-electron chi connectivity index (χ1n) is 7.19. The van der Waals surface area contributed by atoms with Crippen molar-refractivity contribution in [1.82, 2.24) is 0 Å². The van der Waals surface area contributed by atoms with Crippen LogP contribution in [0.15, 0.2) is 54.6 Å². The monoisotopic (exact) mass is 280 g/mol. The van der Waals surface area contributed by atoms with Crippen molar-refractivity contribution in [1.29, 1.82) is 0 Å². The molecule has 0 aliphatic heterocycles. The molecule has 0 aliphatic carbocycles. The Morgan fingerprint density at radius 1 is 0.952 bits per heavy atom. The van der Waals surface area contributed by atoms with Crippen LogP contribution in [0.25, 0.3) is 0 Å². The smallest absolute Gasteiger partial charge is 0.104 e. The van der Waals surface area contributed by atoms with Gasteiger partial charge in [-0.15, -0.1) is 0 Å². The van der Waals surface area contributed by atoms with E-state index in [9.17, 15) is 0 Å². The van der Waals surface area contributed by atoms with Crippen LogP contribution in [0.3, 0.4) is 0 Å². The van der Waals surface area contributed by atoms with Crippen LogP contribution >= 0.6 is 0 Å². The minimum absolute atomic E-state index is 0.111. The summed E-state index contributed by atoms with van der Waals surface area (Å²) in [7, 11) is 0. The van der Waals surface area contributed by atoms with Crippen molar-refractivity contribution in [2.45, 2.75) is 19.4 Å². The van der Waals surface area contributed by atoms with E-state index < -0.39 is 0 Å². The number of rotatable bonds is 6. The van der Waals surface area contributed by atoms with Crippen LogP contribution in [0.4, 0.5) is 0 Å². The van der Waals surface area contributed by atoms with Crippen molar-refractivity contribution in [2.24, 2.45) is 0 Å². The lowest BCUT2D eigenvalue weighted by atomic mass is 10.1. The summed E-state index contributed by atoms with van der Waals surface area (Å²) in [5.74, 6) is 5.55. The fourth-order valence-corrected chi connectivity index (χ4v) is 2.09. The number of aliphatic hydroxyl groups is 1. The van der Waals surface area contributed by atoms with E-state index in [1.54, 1.807) is 0 Å². The Balaban J connectivity index is 1.71. The van der Waals surface area contributed by atoms with Crippen LogP contribution in [0.5, 0.6) is 0 Å². The van der Waals surface area contributed by atoms with Crippen molar-refractivity contribution < 1.29 is 9.84 Å². The highest BCUT2D eigenvalue weighted by Crippen LogP contribution is 2.07. The maximum Gasteiger partial charge on any atom is 0.104 e. The second-order valence-corrected chi connectivity index (χ2v) is 4.80. The van der Waals surface area contributed by atoms with E-state index in [0.717, 1.165) is 30.6 Å². The highest BCUT2D eigenvalue weighted by Gasteiger charge is 1.96. The highest BCUT2D eigenvalue weighted by molar-refractivity contribution is 5.36. The van der Waals surface area contributed by atoms with Gasteiger partial charge in [-0.3, -0.25) is 0 Å². The van der Waals surface area contributed by atoms with Gasteiger partial charge in [0.2, 0.25) is 0 Å². The highest BCUT2D eigenvalue weighted by atomic mass is 16.5. The molecule has 108 valence electrons. The standard InChI is InChI=1S/C19H20O2/c20-13-5-11-18-9-4-10-19(15-18)16-21-14-6-12-17-7-2-1-3-8-17/h1-4,7-10,15,20H,6,12-14,16H2. The average Bonchev–Trinajstić information content (AvgIpc) is 2.54. The minimum atomic E-state index is -0.111. The van der Waals surface area contributed by atoms with E-state index in [2.05, 4.69) is 36.1 Å². The summed E-state index contributed by atoms with van der Waals surface area (Å²) >= 11 is 0. The zero-order valence-electron chi connectivity index (χ0n) is 12.1. The molecule has 0 amide bonds. The van der Waals surface area contributed by atoms with Crippen molar-refractivity contribution in [3.05, 3.63) is 71.3 Å². The van der Waals surface area contributed by atoms with Gasteiger partial charge in [0.05, 0.1) is 6.61 Å². The molecule has 0 atom stereocenters. The van der Waals surface area contributed by atoms with Crippen molar-refractivity contribution in [2.75, 3.05) is 13.2 Å². The zero-order chi connectivity index (χ0) is 14.8. The molecule has 2 aromatic rings. The lowest BCUT2D eigenvalue weighted by molar-refractivity contribution is 0.118. The van der Waals surface area contributed by atoms with Gasteiger partial charge in [0, 0.05) is 12.2 Å². The summed E-state index contributed by atoms with van der Waals surface area (Å²) in [5.41, 5.74) is 3.37. The van der Waals surface area contributed by atoms with E-state index in [-0.39, 0.29) is 6.61 Å². The first kappa shape index (κ1) is 15.3. The summed E-state index contributed by atoms with van der Waals surface area (Å²) in [4.78, 5) is 0. The third-order valence-electron chi connectivity index (χ3n) is 3.10. The molecule has 2 nitrogen and oxygen atoms in total. The fourth-order valence-electron chi connectivity index (χ4n) is 2.09. The van der Waals surface area contributed by atoms with Crippen molar-refractivity contribution >= 4 is 0 Å². The molecule has 0 saturated heterocycles. The molecule has 0 unspecified atom stereocenters. The fraction of sp³-hybridized carbons (Fsp3) is 0.263. The van der Waals surface area contributed by atoms with Crippen LogP contribution in [0.1, 0.15) is 23.1 Å². The molecule has 2 aromatic carbocycles. The molecule has 0 radical (unpaired) electrons. The lowest BCUT2D eigenvalue weighted by Gasteiger charge is -2.05. The molecule has 0 fully saturated rings. The molecule has 0 spiro atoms. The van der Waals surface area contributed by atoms with Gasteiger partial charge in [0.15, 0.2) is 0 Å². The Bertz CT molecular complexity index is 594. The number of aliphatic hydroxyl groups excluding tert-OH is 1. The molecule has 0 bridgehead atoms. The topological polar surface area (TPSA) is 29.5 Å². The first-order chi connectivity index (χ1) is 10.4. The van der Waals surface area contributed by atoms with Crippen molar-refractivity contribution in [3.8, 4) is 11.8 Å². The van der Waals surface area contributed by atoms with E-state index in [0.29, 0.717) is 6.61 Å². The molecule has 2 rings (SSSR count). The first-order valence-corrected chi connectivity index (χ1v) is 7.19. The summed E-state index contributed by atoms with van der Waals surface area (Å²) in [6.07, 6.45) is 2.07. The molecule has 0 heterocycles. The van der Waals surface area contributed by atoms with E-state index in [1.807, 2.05) is 30.3 Å². The maximum atomic E-state index is 8.69. The quantitative estimate of drug-likeness (QED) is 0.650. The Labute approximate surface area is 126 Å². The summed E-state index contributed by atoms with van der Waals surface area (Å²) in [5, 5.41) is 8.69. The molecule has 21 heavy (non-hydrogen) atoms. The normalized spacial score (nSPS) is 9.95. The number of ether oxygens (including phenoxy) is 1. The zero-order valence-corrected chi connectivity index (χ0v) is 12.1. The van der Waals surface area contributed by atoms with Gasteiger partial charge in [0.1, 0.15) is 6.61 Å². The average molecular weight is 280 g/mol. The number of aryl methyl sites for hydroxylation is 1. The molecule has 0 saturated carbocycles. The molecule has 0 aliphatic rings. The van der Waals surface area contributed by atoms with Crippen molar-refractivity contribution in [3.63, 3.8) is 0 Å². The summed E-state index contributed by atoms with van der Waals surface area (Å²) < 4.78 is 5.70. The van der Waals surface area contributed by atoms with Gasteiger partial charge in [0.25, 0.3) is 0 Å². The predicted octanol–water partition coefficient (Wildman–Crippen LogP) is 3.18. The Morgan fingerprint density at radius 2 is 1.76 bits per heavy atom. The van der Waals surface area contributed by atoms with E-state index >= 15 is 0 Å². The largest absolute Gasteiger partial charge is 0.384 e. The van der Waals surface area contributed by atoms with E-state index in [1.165, 1.54) is 5.56 Å². The second kappa shape index (κ2) is 8.97. The minimum Gasteiger partial charge on any atom is -0.384 e. The van der Waals surface area contributed by atoms with Gasteiger partial charge in [-0.05, 0) is 36.1 Å². The third-order valence-corrected chi connectivity index (χ3v) is 3.10. The Hall–Kier alpha value is -2.08. The third kappa shape index (κ3) is 5.83. The number of hydrogen-bond donors (Lipinski definition) is 1. The number of hydrogen-bond acceptors (Lipinski definition) is 2. The van der Waals surface area contributed by atoms with Crippen LogP contribution in [0, 0.1) is 11.8 Å². The van der Waals surface area contributed by atoms with Crippen LogP contribution < -0.4 is 0 Å². The Morgan fingerprint density at radius 3 is 2.57 bits per heavy atom. The van der Waals surface area contributed by atoms with Gasteiger partial charge in [-0.25, -0.2) is 0 Å². The van der Waals surface area contributed by atoms with Crippen LogP contribution in [-0.2, 0) is 17.8 Å². The maximum absolute atomic E-state index is 8.69. The van der Waals surface area contributed by atoms with Gasteiger partial charge < -0.3 is 9.84 Å². The molecular formula is C19H20O2. The van der Waals surface area contributed by atoms with Gasteiger partial charge in [-0.2, -0.15) is 0 Å². The summed E-state index contributed by atoms with van der Waals surface area (Å²) in [6.45, 7) is 1.24. The van der Waals surface area contributed by atoms with Crippen LogP contribution in [-0.4, -0.2) is 18.3 Å². The van der Waals surface area contributed by atoms with E-state index in [4.69, 9.17) is 9.84 Å². The van der Waals surface area contributed by atoms with Crippen LogP contribution in [0.2, 0.25) is 0 Å².